The van der Waals surface area contributed by atoms with E-state index in [1.54, 1.807) is 61.3 Å². The second-order valence-corrected chi connectivity index (χ2v) is 5.53. The van der Waals surface area contributed by atoms with Gasteiger partial charge in [-0.15, -0.1) is 0 Å². The standard InChI is InChI=1S/C20H14N4O2/c25-20(24-19-18-13-22-10-7-14(18)8-11-23-19)15-3-5-16(6-4-15)26-17-2-1-9-21-12-17/h1-13H,(H,23,24,25). The van der Waals surface area contributed by atoms with Crippen LogP contribution in [-0.4, -0.2) is 20.9 Å². The van der Waals surface area contributed by atoms with Crippen LogP contribution in [0.15, 0.2) is 79.5 Å². The summed E-state index contributed by atoms with van der Waals surface area (Å²) in [5.74, 6) is 1.50. The molecule has 126 valence electrons. The van der Waals surface area contributed by atoms with Crippen LogP contribution in [0, 0.1) is 0 Å². The van der Waals surface area contributed by atoms with Crippen molar-refractivity contribution in [1.29, 1.82) is 0 Å². The molecule has 0 bridgehead atoms. The molecule has 0 atom stereocenters. The third-order valence-corrected chi connectivity index (χ3v) is 3.79. The molecular weight excluding hydrogens is 328 g/mol. The molecule has 0 saturated heterocycles. The summed E-state index contributed by atoms with van der Waals surface area (Å²) in [4.78, 5) is 24.8. The van der Waals surface area contributed by atoms with E-state index >= 15 is 0 Å². The van der Waals surface area contributed by atoms with Gasteiger partial charge in [-0.05, 0) is 53.9 Å². The number of benzene rings is 1. The van der Waals surface area contributed by atoms with E-state index in [1.165, 1.54) is 0 Å². The first-order valence-corrected chi connectivity index (χ1v) is 7.98. The van der Waals surface area contributed by atoms with E-state index in [1.807, 2.05) is 18.2 Å². The van der Waals surface area contributed by atoms with Gasteiger partial charge >= 0.3 is 0 Å². The Morgan fingerprint density at radius 3 is 2.46 bits per heavy atom. The predicted octanol–water partition coefficient (Wildman–Crippen LogP) is 4.07. The first kappa shape index (κ1) is 15.7. The Kier molecular flexibility index (Phi) is 4.22. The number of carbonyl (C=O) groups excluding carboxylic acids is 1. The van der Waals surface area contributed by atoms with Crippen LogP contribution in [0.4, 0.5) is 5.82 Å². The number of anilines is 1. The van der Waals surface area contributed by atoms with Gasteiger partial charge in [0.15, 0.2) is 0 Å². The molecule has 0 saturated carbocycles. The van der Waals surface area contributed by atoms with Crippen molar-refractivity contribution in [3.05, 3.63) is 85.1 Å². The number of aromatic nitrogens is 3. The minimum atomic E-state index is -0.248. The molecule has 4 rings (SSSR count). The predicted molar refractivity (Wildman–Crippen MR) is 98.2 cm³/mol. The number of nitrogens with zero attached hydrogens (tertiary/aromatic N) is 3. The van der Waals surface area contributed by atoms with Crippen LogP contribution in [-0.2, 0) is 0 Å². The Labute approximate surface area is 149 Å². The zero-order chi connectivity index (χ0) is 17.8. The van der Waals surface area contributed by atoms with Gasteiger partial charge in [-0.2, -0.15) is 0 Å². The van der Waals surface area contributed by atoms with E-state index in [0.29, 0.717) is 22.9 Å². The molecule has 6 nitrogen and oxygen atoms in total. The van der Waals surface area contributed by atoms with E-state index in [9.17, 15) is 4.79 Å². The normalized spacial score (nSPS) is 10.5. The van der Waals surface area contributed by atoms with Crippen LogP contribution < -0.4 is 10.1 Å². The third kappa shape index (κ3) is 3.34. The van der Waals surface area contributed by atoms with E-state index in [2.05, 4.69) is 20.3 Å². The van der Waals surface area contributed by atoms with Crippen molar-refractivity contribution in [3.63, 3.8) is 0 Å². The van der Waals surface area contributed by atoms with E-state index in [-0.39, 0.29) is 5.91 Å². The smallest absolute Gasteiger partial charge is 0.256 e. The van der Waals surface area contributed by atoms with Crippen molar-refractivity contribution in [1.82, 2.24) is 15.0 Å². The summed E-state index contributed by atoms with van der Waals surface area (Å²) in [6.07, 6.45) is 8.35. The van der Waals surface area contributed by atoms with Gasteiger partial charge in [0.1, 0.15) is 17.3 Å². The minimum absolute atomic E-state index is 0.248. The Morgan fingerprint density at radius 1 is 0.846 bits per heavy atom. The van der Waals surface area contributed by atoms with Gasteiger partial charge in [-0.1, -0.05) is 0 Å². The van der Waals surface area contributed by atoms with Crippen molar-refractivity contribution in [2.75, 3.05) is 5.32 Å². The third-order valence-electron chi connectivity index (χ3n) is 3.79. The topological polar surface area (TPSA) is 77.0 Å². The highest BCUT2D eigenvalue weighted by atomic mass is 16.5. The Bertz CT molecular complexity index is 1040. The lowest BCUT2D eigenvalue weighted by atomic mass is 10.2. The summed E-state index contributed by atoms with van der Waals surface area (Å²) in [6.45, 7) is 0. The lowest BCUT2D eigenvalue weighted by Gasteiger charge is -2.08. The molecule has 6 heteroatoms. The number of amides is 1. The molecule has 3 aromatic heterocycles. The number of fused-ring (bicyclic) bond motifs is 1. The number of pyridine rings is 3. The zero-order valence-corrected chi connectivity index (χ0v) is 13.7. The lowest BCUT2D eigenvalue weighted by Crippen LogP contribution is -2.13. The van der Waals surface area contributed by atoms with Crippen LogP contribution in [0.25, 0.3) is 10.8 Å². The van der Waals surface area contributed by atoms with Crippen molar-refractivity contribution >= 4 is 22.5 Å². The molecule has 4 aromatic rings. The number of carbonyl (C=O) groups is 1. The van der Waals surface area contributed by atoms with Crippen molar-refractivity contribution in [3.8, 4) is 11.5 Å². The Balaban J connectivity index is 1.51. The van der Waals surface area contributed by atoms with Gasteiger partial charge in [-0.3, -0.25) is 14.8 Å². The highest BCUT2D eigenvalue weighted by molar-refractivity contribution is 6.07. The SMILES string of the molecule is O=C(Nc1nccc2ccncc12)c1ccc(Oc2cccnc2)cc1. The number of nitrogens with one attached hydrogen (secondary N) is 1. The Morgan fingerprint density at radius 2 is 1.65 bits per heavy atom. The van der Waals surface area contributed by atoms with E-state index in [4.69, 9.17) is 4.74 Å². The molecule has 0 unspecified atom stereocenters. The van der Waals surface area contributed by atoms with Crippen LogP contribution in [0.1, 0.15) is 10.4 Å². The quantitative estimate of drug-likeness (QED) is 0.605. The fraction of sp³-hybridized carbons (Fsp3) is 0. The van der Waals surface area contributed by atoms with Crippen LogP contribution in [0.3, 0.4) is 0 Å². The number of rotatable bonds is 4. The zero-order valence-electron chi connectivity index (χ0n) is 13.7. The monoisotopic (exact) mass is 342 g/mol. The summed E-state index contributed by atoms with van der Waals surface area (Å²) >= 11 is 0. The maximum Gasteiger partial charge on any atom is 0.256 e. The molecule has 26 heavy (non-hydrogen) atoms. The molecule has 0 aliphatic rings. The van der Waals surface area contributed by atoms with Crippen molar-refractivity contribution in [2.24, 2.45) is 0 Å². The molecule has 0 radical (unpaired) electrons. The average Bonchev–Trinajstić information content (AvgIpc) is 2.70. The number of ether oxygens (including phenoxy) is 1. The number of hydrogen-bond donors (Lipinski definition) is 1. The molecule has 1 amide bonds. The molecule has 3 heterocycles. The highest BCUT2D eigenvalue weighted by Crippen LogP contribution is 2.22. The van der Waals surface area contributed by atoms with Crippen LogP contribution >= 0.6 is 0 Å². The maximum absolute atomic E-state index is 12.5. The fourth-order valence-electron chi connectivity index (χ4n) is 2.51. The molecule has 1 aromatic carbocycles. The lowest BCUT2D eigenvalue weighted by molar-refractivity contribution is 0.102. The van der Waals surface area contributed by atoms with E-state index < -0.39 is 0 Å². The average molecular weight is 342 g/mol. The number of hydrogen-bond acceptors (Lipinski definition) is 5. The highest BCUT2D eigenvalue weighted by Gasteiger charge is 2.10. The maximum atomic E-state index is 12.5. The molecule has 0 aliphatic heterocycles. The molecule has 0 spiro atoms. The summed E-state index contributed by atoms with van der Waals surface area (Å²) in [5.41, 5.74) is 0.506. The Hall–Kier alpha value is -3.80. The summed E-state index contributed by atoms with van der Waals surface area (Å²) < 4.78 is 5.67. The fourth-order valence-corrected chi connectivity index (χ4v) is 2.51. The molecule has 1 N–H and O–H groups in total. The first-order chi connectivity index (χ1) is 12.8. The van der Waals surface area contributed by atoms with Crippen LogP contribution in [0.5, 0.6) is 11.5 Å². The first-order valence-electron chi connectivity index (χ1n) is 7.98. The second-order valence-electron chi connectivity index (χ2n) is 5.53. The van der Waals surface area contributed by atoms with Gasteiger partial charge in [0.25, 0.3) is 5.91 Å². The minimum Gasteiger partial charge on any atom is -0.456 e. The largest absolute Gasteiger partial charge is 0.456 e. The van der Waals surface area contributed by atoms with Gasteiger partial charge < -0.3 is 10.1 Å². The van der Waals surface area contributed by atoms with Gasteiger partial charge in [-0.25, -0.2) is 4.98 Å². The van der Waals surface area contributed by atoms with Crippen molar-refractivity contribution in [2.45, 2.75) is 0 Å². The van der Waals surface area contributed by atoms with Crippen molar-refractivity contribution < 1.29 is 9.53 Å². The molecule has 0 aliphatic carbocycles. The summed E-state index contributed by atoms with van der Waals surface area (Å²) in [6, 6.07) is 14.2. The van der Waals surface area contributed by atoms with Gasteiger partial charge in [0.2, 0.25) is 0 Å². The molecule has 0 fully saturated rings. The second kappa shape index (κ2) is 6.98. The summed E-state index contributed by atoms with van der Waals surface area (Å²) in [5, 5.41) is 4.58. The van der Waals surface area contributed by atoms with Gasteiger partial charge in [0.05, 0.1) is 6.20 Å². The van der Waals surface area contributed by atoms with Gasteiger partial charge in [0, 0.05) is 35.7 Å². The summed E-state index contributed by atoms with van der Waals surface area (Å²) in [7, 11) is 0. The van der Waals surface area contributed by atoms with E-state index in [0.717, 1.165) is 10.8 Å². The van der Waals surface area contributed by atoms with Crippen LogP contribution in [0.2, 0.25) is 0 Å². The molecular formula is C20H14N4O2.